The highest BCUT2D eigenvalue weighted by Crippen LogP contribution is 2.19. The first kappa shape index (κ1) is 10.5. The van der Waals surface area contributed by atoms with Crippen LogP contribution in [0.1, 0.15) is 19.3 Å². The number of rotatable bonds is 4. The SMILES string of the molecule is NCCCC(=O)N[C@H]1CCSC1=O. The fourth-order valence-electron chi connectivity index (χ4n) is 1.16. The third-order valence-corrected chi connectivity index (χ3v) is 2.89. The first-order valence-corrected chi connectivity index (χ1v) is 5.38. The van der Waals surface area contributed by atoms with E-state index in [-0.39, 0.29) is 17.1 Å². The maximum absolute atomic E-state index is 11.2. The molecule has 1 fully saturated rings. The van der Waals surface area contributed by atoms with Crippen LogP contribution in [0, 0.1) is 0 Å². The molecule has 1 atom stereocenters. The second-order valence-corrected chi connectivity index (χ2v) is 4.07. The number of hydrogen-bond donors (Lipinski definition) is 2. The van der Waals surface area contributed by atoms with Crippen molar-refractivity contribution in [3.63, 3.8) is 0 Å². The zero-order valence-electron chi connectivity index (χ0n) is 7.41. The zero-order chi connectivity index (χ0) is 9.68. The standard InChI is InChI=1S/C8H14N2O2S/c9-4-1-2-7(11)10-6-3-5-13-8(6)12/h6H,1-5,9H2,(H,10,11)/t6-/m0/s1. The Balaban J connectivity index is 2.23. The molecule has 0 radical (unpaired) electrons. The van der Waals surface area contributed by atoms with E-state index in [0.29, 0.717) is 19.4 Å². The van der Waals surface area contributed by atoms with Gasteiger partial charge in [-0.15, -0.1) is 0 Å². The summed E-state index contributed by atoms with van der Waals surface area (Å²) in [5.74, 6) is 0.756. The van der Waals surface area contributed by atoms with Gasteiger partial charge in [0.2, 0.25) is 11.0 Å². The van der Waals surface area contributed by atoms with E-state index in [2.05, 4.69) is 5.32 Å². The predicted molar refractivity (Wildman–Crippen MR) is 52.3 cm³/mol. The van der Waals surface area contributed by atoms with Gasteiger partial charge in [-0.25, -0.2) is 0 Å². The average Bonchev–Trinajstić information content (AvgIpc) is 2.48. The van der Waals surface area contributed by atoms with E-state index >= 15 is 0 Å². The Bertz CT molecular complexity index is 208. The summed E-state index contributed by atoms with van der Waals surface area (Å²) in [5.41, 5.74) is 5.26. The van der Waals surface area contributed by atoms with Gasteiger partial charge in [-0.1, -0.05) is 11.8 Å². The van der Waals surface area contributed by atoms with Crippen LogP contribution in [0.5, 0.6) is 0 Å². The van der Waals surface area contributed by atoms with Gasteiger partial charge in [-0.05, 0) is 19.4 Å². The maximum atomic E-state index is 11.2. The highest BCUT2D eigenvalue weighted by Gasteiger charge is 2.26. The van der Waals surface area contributed by atoms with E-state index in [1.807, 2.05) is 0 Å². The van der Waals surface area contributed by atoms with Crippen molar-refractivity contribution in [1.82, 2.24) is 5.32 Å². The third kappa shape index (κ3) is 3.36. The maximum Gasteiger partial charge on any atom is 0.220 e. The van der Waals surface area contributed by atoms with E-state index in [4.69, 9.17) is 5.73 Å². The van der Waals surface area contributed by atoms with Crippen molar-refractivity contribution >= 4 is 22.8 Å². The summed E-state index contributed by atoms with van der Waals surface area (Å²) in [6.45, 7) is 0.515. The lowest BCUT2D eigenvalue weighted by molar-refractivity contribution is -0.124. The van der Waals surface area contributed by atoms with E-state index in [1.54, 1.807) is 0 Å². The van der Waals surface area contributed by atoms with E-state index < -0.39 is 0 Å². The summed E-state index contributed by atoms with van der Waals surface area (Å²) in [6.07, 6.45) is 1.86. The van der Waals surface area contributed by atoms with Crippen LogP contribution in [-0.2, 0) is 9.59 Å². The molecule has 13 heavy (non-hydrogen) atoms. The molecule has 1 heterocycles. The number of carbonyl (C=O) groups is 2. The van der Waals surface area contributed by atoms with Crippen LogP contribution in [0.3, 0.4) is 0 Å². The van der Waals surface area contributed by atoms with Crippen molar-refractivity contribution in [2.45, 2.75) is 25.3 Å². The average molecular weight is 202 g/mol. The van der Waals surface area contributed by atoms with Gasteiger partial charge in [0.05, 0.1) is 6.04 Å². The van der Waals surface area contributed by atoms with Crippen molar-refractivity contribution in [2.75, 3.05) is 12.3 Å². The van der Waals surface area contributed by atoms with Gasteiger partial charge in [-0.2, -0.15) is 0 Å². The van der Waals surface area contributed by atoms with Gasteiger partial charge >= 0.3 is 0 Å². The van der Waals surface area contributed by atoms with Gasteiger partial charge in [0.15, 0.2) is 0 Å². The van der Waals surface area contributed by atoms with E-state index in [0.717, 1.165) is 12.2 Å². The monoisotopic (exact) mass is 202 g/mol. The fraction of sp³-hybridized carbons (Fsp3) is 0.750. The smallest absolute Gasteiger partial charge is 0.220 e. The predicted octanol–water partition coefficient (Wildman–Crippen LogP) is -0.126. The molecule has 74 valence electrons. The molecule has 1 aliphatic rings. The van der Waals surface area contributed by atoms with E-state index in [1.165, 1.54) is 11.8 Å². The highest BCUT2D eigenvalue weighted by atomic mass is 32.2. The minimum atomic E-state index is -0.254. The number of amides is 1. The van der Waals surface area contributed by atoms with Gasteiger partial charge in [0, 0.05) is 12.2 Å². The molecule has 3 N–H and O–H groups in total. The molecule has 1 amide bonds. The van der Waals surface area contributed by atoms with Crippen LogP contribution in [0.25, 0.3) is 0 Å². The van der Waals surface area contributed by atoms with Crippen molar-refractivity contribution in [2.24, 2.45) is 5.73 Å². The minimum absolute atomic E-state index is 0.0636. The van der Waals surface area contributed by atoms with Crippen LogP contribution in [0.4, 0.5) is 0 Å². The van der Waals surface area contributed by atoms with Crippen molar-refractivity contribution in [1.29, 1.82) is 0 Å². The molecular formula is C8H14N2O2S. The first-order valence-electron chi connectivity index (χ1n) is 4.40. The summed E-state index contributed by atoms with van der Waals surface area (Å²) < 4.78 is 0. The number of nitrogens with one attached hydrogen (secondary N) is 1. The Hall–Kier alpha value is -0.550. The lowest BCUT2D eigenvalue weighted by Gasteiger charge is -2.09. The second kappa shape index (κ2) is 5.24. The first-order chi connectivity index (χ1) is 6.24. The topological polar surface area (TPSA) is 72.2 Å². The molecule has 0 unspecified atom stereocenters. The second-order valence-electron chi connectivity index (χ2n) is 2.97. The summed E-state index contributed by atoms with van der Waals surface area (Å²) in [7, 11) is 0. The Morgan fingerprint density at radius 3 is 3.00 bits per heavy atom. The van der Waals surface area contributed by atoms with Gasteiger partial charge in [-0.3, -0.25) is 9.59 Å². The molecule has 0 aliphatic carbocycles. The van der Waals surface area contributed by atoms with E-state index in [9.17, 15) is 9.59 Å². The van der Waals surface area contributed by atoms with Crippen LogP contribution >= 0.6 is 11.8 Å². The number of thioether (sulfide) groups is 1. The van der Waals surface area contributed by atoms with Crippen molar-refractivity contribution in [3.8, 4) is 0 Å². The van der Waals surface area contributed by atoms with Crippen LogP contribution in [0.15, 0.2) is 0 Å². The lowest BCUT2D eigenvalue weighted by Crippen LogP contribution is -2.37. The normalized spacial score (nSPS) is 21.9. The van der Waals surface area contributed by atoms with Crippen molar-refractivity contribution in [3.05, 3.63) is 0 Å². The Morgan fingerprint density at radius 1 is 1.69 bits per heavy atom. The third-order valence-electron chi connectivity index (χ3n) is 1.88. The van der Waals surface area contributed by atoms with Gasteiger partial charge in [0.25, 0.3) is 0 Å². The largest absolute Gasteiger partial charge is 0.345 e. The van der Waals surface area contributed by atoms with Crippen LogP contribution in [-0.4, -0.2) is 29.4 Å². The molecule has 1 rings (SSSR count). The van der Waals surface area contributed by atoms with Gasteiger partial charge < -0.3 is 11.1 Å². The molecule has 0 aromatic heterocycles. The number of nitrogens with two attached hydrogens (primary N) is 1. The number of carbonyl (C=O) groups excluding carboxylic acids is 2. The number of hydrogen-bond acceptors (Lipinski definition) is 4. The quantitative estimate of drug-likeness (QED) is 0.666. The van der Waals surface area contributed by atoms with Crippen molar-refractivity contribution < 1.29 is 9.59 Å². The summed E-state index contributed by atoms with van der Waals surface area (Å²) in [6, 6.07) is -0.254. The van der Waals surface area contributed by atoms with Crippen LogP contribution < -0.4 is 11.1 Å². The summed E-state index contributed by atoms with van der Waals surface area (Å²) in [5, 5.41) is 2.78. The minimum Gasteiger partial charge on any atom is -0.345 e. The molecule has 0 aromatic rings. The molecule has 4 nitrogen and oxygen atoms in total. The molecule has 0 bridgehead atoms. The fourth-order valence-corrected chi connectivity index (χ4v) is 2.09. The highest BCUT2D eigenvalue weighted by molar-refractivity contribution is 8.14. The van der Waals surface area contributed by atoms with Crippen LogP contribution in [0.2, 0.25) is 0 Å². The Kier molecular flexibility index (Phi) is 4.24. The molecule has 0 aromatic carbocycles. The van der Waals surface area contributed by atoms with Gasteiger partial charge in [0.1, 0.15) is 0 Å². The summed E-state index contributed by atoms with van der Waals surface area (Å²) in [4.78, 5) is 22.3. The zero-order valence-corrected chi connectivity index (χ0v) is 8.23. The molecule has 1 aliphatic heterocycles. The molecule has 0 spiro atoms. The Morgan fingerprint density at radius 2 is 2.46 bits per heavy atom. The molecular weight excluding hydrogens is 188 g/mol. The molecule has 0 saturated carbocycles. The molecule has 1 saturated heterocycles. The lowest BCUT2D eigenvalue weighted by atomic mass is 10.2. The summed E-state index contributed by atoms with van der Waals surface area (Å²) >= 11 is 1.29. The molecule has 5 heteroatoms. The Labute approximate surface area is 81.6 Å².